The van der Waals surface area contributed by atoms with Crippen LogP contribution in [0.4, 0.5) is 8.78 Å². The first-order valence-corrected chi connectivity index (χ1v) is 6.75. The number of unbranched alkanes of at least 4 members (excludes halogenated alkanes) is 5. The molecule has 0 bridgehead atoms. The molecule has 0 aliphatic carbocycles. The summed E-state index contributed by atoms with van der Waals surface area (Å²) in [6, 6.07) is 0. The number of hydrogen-bond acceptors (Lipinski definition) is 1. The fraction of sp³-hybridized carbons (Fsp3) is 0.786. The lowest BCUT2D eigenvalue weighted by Crippen LogP contribution is -2.11. The van der Waals surface area contributed by atoms with Gasteiger partial charge in [-0.25, -0.2) is 8.78 Å². The average molecular weight is 262 g/mol. The maximum absolute atomic E-state index is 13.3. The molecular weight excluding hydrogens is 238 g/mol. The molecule has 4 heteroatoms. The van der Waals surface area contributed by atoms with Crippen LogP contribution in [0.1, 0.15) is 64.7 Å². The number of carboxylic acid groups (broad SMARTS) is 1. The normalized spacial score (nSPS) is 12.2. The third-order valence-corrected chi connectivity index (χ3v) is 2.72. The third-order valence-electron chi connectivity index (χ3n) is 2.72. The van der Waals surface area contributed by atoms with Crippen LogP contribution in [0.3, 0.4) is 0 Å². The fourth-order valence-corrected chi connectivity index (χ4v) is 1.67. The van der Waals surface area contributed by atoms with E-state index in [0.29, 0.717) is 19.3 Å². The van der Waals surface area contributed by atoms with Gasteiger partial charge in [0.2, 0.25) is 0 Å². The Kier molecular flexibility index (Phi) is 9.52. The molecule has 0 fully saturated rings. The molecule has 0 saturated heterocycles. The number of carbonyl (C=O) groups is 1. The predicted molar refractivity (Wildman–Crippen MR) is 68.9 cm³/mol. The molecule has 0 heterocycles. The zero-order valence-corrected chi connectivity index (χ0v) is 11.1. The second kappa shape index (κ2) is 10.0. The van der Waals surface area contributed by atoms with E-state index in [1.807, 2.05) is 6.92 Å². The quantitative estimate of drug-likeness (QED) is 0.429. The van der Waals surface area contributed by atoms with E-state index in [1.165, 1.54) is 0 Å². The topological polar surface area (TPSA) is 37.3 Å². The molecule has 1 N–H and O–H groups in total. The summed E-state index contributed by atoms with van der Waals surface area (Å²) in [5.74, 6) is -3.47. The third kappa shape index (κ3) is 11.6. The smallest absolute Gasteiger partial charge is 0.303 e. The van der Waals surface area contributed by atoms with Crippen molar-refractivity contribution in [2.75, 3.05) is 0 Å². The molecule has 2 nitrogen and oxygen atoms in total. The molecule has 0 aromatic carbocycles. The highest BCUT2D eigenvalue weighted by Gasteiger charge is 2.23. The molecule has 0 saturated carbocycles. The van der Waals surface area contributed by atoms with Crippen LogP contribution in [0, 0.1) is 0 Å². The summed E-state index contributed by atoms with van der Waals surface area (Å²) >= 11 is 0. The van der Waals surface area contributed by atoms with Gasteiger partial charge in [-0.2, -0.15) is 0 Å². The van der Waals surface area contributed by atoms with Crippen LogP contribution in [-0.2, 0) is 4.79 Å². The van der Waals surface area contributed by atoms with E-state index < -0.39 is 11.9 Å². The summed E-state index contributed by atoms with van der Waals surface area (Å²) in [4.78, 5) is 10.2. The van der Waals surface area contributed by atoms with Crippen LogP contribution in [0.15, 0.2) is 12.2 Å². The van der Waals surface area contributed by atoms with Crippen LogP contribution >= 0.6 is 0 Å². The van der Waals surface area contributed by atoms with Crippen molar-refractivity contribution >= 4 is 5.97 Å². The second-order valence-electron chi connectivity index (χ2n) is 4.61. The molecule has 0 aromatic heterocycles. The van der Waals surface area contributed by atoms with Crippen LogP contribution < -0.4 is 0 Å². The van der Waals surface area contributed by atoms with Gasteiger partial charge >= 0.3 is 5.97 Å². The van der Waals surface area contributed by atoms with E-state index in [-0.39, 0.29) is 12.8 Å². The highest BCUT2D eigenvalue weighted by molar-refractivity contribution is 5.66. The number of hydrogen-bond donors (Lipinski definition) is 1. The fourth-order valence-electron chi connectivity index (χ4n) is 1.67. The van der Waals surface area contributed by atoms with Crippen LogP contribution in [-0.4, -0.2) is 17.0 Å². The van der Waals surface area contributed by atoms with E-state index in [1.54, 1.807) is 6.08 Å². The Morgan fingerprint density at radius 3 is 2.39 bits per heavy atom. The first-order valence-electron chi connectivity index (χ1n) is 6.75. The van der Waals surface area contributed by atoms with E-state index in [0.717, 1.165) is 31.8 Å². The first kappa shape index (κ1) is 17.1. The molecule has 0 unspecified atom stereocenters. The Labute approximate surface area is 108 Å². The summed E-state index contributed by atoms with van der Waals surface area (Å²) in [7, 11) is 0. The Morgan fingerprint density at radius 2 is 1.78 bits per heavy atom. The standard InChI is InChI=1S/C14H24F2O2/c1-2-3-8-11-14(15,16)12-9-6-4-5-7-10-13(17)18/h8,11H,2-7,9-10,12H2,1H3,(H,17,18). The molecule has 0 radical (unpaired) electrons. The van der Waals surface area contributed by atoms with Crippen molar-refractivity contribution in [2.24, 2.45) is 0 Å². The van der Waals surface area contributed by atoms with Gasteiger partial charge in [-0.15, -0.1) is 0 Å². The van der Waals surface area contributed by atoms with Crippen LogP contribution in [0.2, 0.25) is 0 Å². The van der Waals surface area contributed by atoms with Crippen molar-refractivity contribution in [3.05, 3.63) is 12.2 Å². The highest BCUT2D eigenvalue weighted by atomic mass is 19.3. The Hall–Kier alpha value is -0.930. The van der Waals surface area contributed by atoms with E-state index in [9.17, 15) is 13.6 Å². The summed E-state index contributed by atoms with van der Waals surface area (Å²) < 4.78 is 26.5. The van der Waals surface area contributed by atoms with E-state index >= 15 is 0 Å². The van der Waals surface area contributed by atoms with Gasteiger partial charge in [-0.05, 0) is 25.3 Å². The van der Waals surface area contributed by atoms with Gasteiger partial charge in [-0.3, -0.25) is 4.79 Å². The Morgan fingerprint density at radius 1 is 1.17 bits per heavy atom. The Balaban J connectivity index is 3.49. The van der Waals surface area contributed by atoms with Crippen molar-refractivity contribution in [3.8, 4) is 0 Å². The summed E-state index contributed by atoms with van der Waals surface area (Å²) in [5, 5.41) is 8.42. The molecule has 0 amide bonds. The van der Waals surface area contributed by atoms with Crippen molar-refractivity contribution in [1.29, 1.82) is 0 Å². The number of alkyl halides is 2. The van der Waals surface area contributed by atoms with Gasteiger partial charge in [0.15, 0.2) is 0 Å². The van der Waals surface area contributed by atoms with Gasteiger partial charge in [-0.1, -0.05) is 38.7 Å². The molecule has 0 spiro atoms. The molecule has 0 aliphatic rings. The Bertz CT molecular complexity index is 250. The monoisotopic (exact) mass is 262 g/mol. The van der Waals surface area contributed by atoms with Gasteiger partial charge in [0.1, 0.15) is 0 Å². The van der Waals surface area contributed by atoms with Crippen molar-refractivity contribution < 1.29 is 18.7 Å². The molecule has 0 aliphatic heterocycles. The molecular formula is C14H24F2O2. The zero-order chi connectivity index (χ0) is 13.9. The molecule has 106 valence electrons. The zero-order valence-electron chi connectivity index (χ0n) is 11.1. The van der Waals surface area contributed by atoms with Gasteiger partial charge in [0.25, 0.3) is 5.92 Å². The number of carboxylic acids is 1. The van der Waals surface area contributed by atoms with E-state index in [4.69, 9.17) is 5.11 Å². The largest absolute Gasteiger partial charge is 0.481 e. The summed E-state index contributed by atoms with van der Waals surface area (Å²) in [6.07, 6.45) is 7.75. The lowest BCUT2D eigenvalue weighted by Gasteiger charge is -2.11. The van der Waals surface area contributed by atoms with E-state index in [2.05, 4.69) is 0 Å². The number of halogens is 2. The molecule has 0 aromatic rings. The summed E-state index contributed by atoms with van der Waals surface area (Å²) in [6.45, 7) is 1.96. The maximum Gasteiger partial charge on any atom is 0.303 e. The minimum Gasteiger partial charge on any atom is -0.481 e. The van der Waals surface area contributed by atoms with Crippen molar-refractivity contribution in [3.63, 3.8) is 0 Å². The van der Waals surface area contributed by atoms with Crippen molar-refractivity contribution in [1.82, 2.24) is 0 Å². The lowest BCUT2D eigenvalue weighted by atomic mass is 10.1. The minimum absolute atomic E-state index is 0.105. The van der Waals surface area contributed by atoms with Gasteiger partial charge in [0, 0.05) is 12.8 Å². The van der Waals surface area contributed by atoms with Gasteiger partial charge in [0.05, 0.1) is 0 Å². The van der Waals surface area contributed by atoms with Crippen LogP contribution in [0.5, 0.6) is 0 Å². The number of allylic oxidation sites excluding steroid dienone is 2. The molecule has 18 heavy (non-hydrogen) atoms. The summed E-state index contributed by atoms with van der Waals surface area (Å²) in [5.41, 5.74) is 0. The number of rotatable bonds is 11. The SMILES string of the molecule is CCCC=CC(F)(F)CCCCCCCC(=O)O. The minimum atomic E-state index is -2.68. The second-order valence-corrected chi connectivity index (χ2v) is 4.61. The predicted octanol–water partition coefficient (Wildman–Crippen LogP) is 4.79. The van der Waals surface area contributed by atoms with Crippen LogP contribution in [0.25, 0.3) is 0 Å². The highest BCUT2D eigenvalue weighted by Crippen LogP contribution is 2.24. The number of aliphatic carboxylic acids is 1. The molecule has 0 atom stereocenters. The first-order chi connectivity index (χ1) is 8.48. The maximum atomic E-state index is 13.3. The van der Waals surface area contributed by atoms with Crippen molar-refractivity contribution in [2.45, 2.75) is 70.6 Å². The molecule has 0 rings (SSSR count). The average Bonchev–Trinajstić information content (AvgIpc) is 2.27. The van der Waals surface area contributed by atoms with Gasteiger partial charge < -0.3 is 5.11 Å². The lowest BCUT2D eigenvalue weighted by molar-refractivity contribution is -0.137.